The third-order valence-corrected chi connectivity index (χ3v) is 4.03. The van der Waals surface area contributed by atoms with E-state index in [0.717, 1.165) is 18.8 Å². The van der Waals surface area contributed by atoms with Gasteiger partial charge in [-0.2, -0.15) is 0 Å². The van der Waals surface area contributed by atoms with Crippen LogP contribution in [0.3, 0.4) is 0 Å². The quantitative estimate of drug-likeness (QED) is 0.946. The summed E-state index contributed by atoms with van der Waals surface area (Å²) in [4.78, 5) is 17.5. The number of nitrogens with zero attached hydrogens (tertiary/aromatic N) is 2. The molecule has 1 aliphatic rings. The van der Waals surface area contributed by atoms with Crippen molar-refractivity contribution in [3.05, 3.63) is 48.4 Å². The minimum absolute atomic E-state index is 0.277. The molecule has 0 bridgehead atoms. The number of carboxylic acids is 1. The maximum Gasteiger partial charge on any atom is 0.308 e. The Balaban J connectivity index is 1.80. The summed E-state index contributed by atoms with van der Waals surface area (Å²) in [7, 11) is 0. The van der Waals surface area contributed by atoms with Crippen molar-refractivity contribution in [3.8, 4) is 11.1 Å². The zero-order valence-corrected chi connectivity index (χ0v) is 12.1. The predicted molar refractivity (Wildman–Crippen MR) is 82.2 cm³/mol. The van der Waals surface area contributed by atoms with Crippen LogP contribution in [0.15, 0.2) is 42.6 Å². The molecular weight excluding hydrogens is 283 g/mol. The maximum atomic E-state index is 13.8. The lowest BCUT2D eigenvalue weighted by Gasteiger charge is -2.31. The van der Waals surface area contributed by atoms with Crippen LogP contribution in [0, 0.1) is 11.7 Å². The molecule has 0 radical (unpaired) electrons. The lowest BCUT2D eigenvalue weighted by atomic mass is 9.98. The van der Waals surface area contributed by atoms with Gasteiger partial charge in [0.05, 0.1) is 5.92 Å². The zero-order chi connectivity index (χ0) is 15.5. The van der Waals surface area contributed by atoms with Crippen molar-refractivity contribution in [2.75, 3.05) is 18.0 Å². The Labute approximate surface area is 128 Å². The number of benzene rings is 1. The van der Waals surface area contributed by atoms with E-state index in [1.54, 1.807) is 24.4 Å². The van der Waals surface area contributed by atoms with Gasteiger partial charge in [-0.3, -0.25) is 4.79 Å². The lowest BCUT2D eigenvalue weighted by molar-refractivity contribution is -0.141. The van der Waals surface area contributed by atoms with Gasteiger partial charge < -0.3 is 10.0 Å². The lowest BCUT2D eigenvalue weighted by Crippen LogP contribution is -2.39. The van der Waals surface area contributed by atoms with Crippen LogP contribution >= 0.6 is 0 Å². The van der Waals surface area contributed by atoms with E-state index in [2.05, 4.69) is 4.98 Å². The third-order valence-electron chi connectivity index (χ3n) is 4.03. The molecule has 0 amide bonds. The molecule has 1 aromatic heterocycles. The number of piperidine rings is 1. The second-order valence-corrected chi connectivity index (χ2v) is 5.51. The fourth-order valence-electron chi connectivity index (χ4n) is 2.81. The van der Waals surface area contributed by atoms with Gasteiger partial charge in [0.15, 0.2) is 0 Å². The summed E-state index contributed by atoms with van der Waals surface area (Å²) < 4.78 is 13.8. The Morgan fingerprint density at radius 1 is 1.27 bits per heavy atom. The molecule has 1 aromatic carbocycles. The second kappa shape index (κ2) is 6.13. The monoisotopic (exact) mass is 300 g/mol. The van der Waals surface area contributed by atoms with Crippen LogP contribution in [0.1, 0.15) is 12.8 Å². The number of rotatable bonds is 3. The van der Waals surface area contributed by atoms with Gasteiger partial charge in [0.25, 0.3) is 0 Å². The highest BCUT2D eigenvalue weighted by Crippen LogP contribution is 2.26. The summed E-state index contributed by atoms with van der Waals surface area (Å²) in [5.74, 6) is -0.638. The van der Waals surface area contributed by atoms with Crippen molar-refractivity contribution >= 4 is 11.8 Å². The first-order valence-electron chi connectivity index (χ1n) is 7.34. The second-order valence-electron chi connectivity index (χ2n) is 5.51. The highest BCUT2D eigenvalue weighted by atomic mass is 19.1. The van der Waals surface area contributed by atoms with Crippen LogP contribution < -0.4 is 4.90 Å². The van der Waals surface area contributed by atoms with Crippen LogP contribution in [-0.2, 0) is 4.79 Å². The highest BCUT2D eigenvalue weighted by Gasteiger charge is 2.26. The molecule has 0 spiro atoms. The maximum absolute atomic E-state index is 13.8. The van der Waals surface area contributed by atoms with Crippen molar-refractivity contribution in [2.24, 2.45) is 5.92 Å². The van der Waals surface area contributed by atoms with E-state index in [4.69, 9.17) is 5.11 Å². The van der Waals surface area contributed by atoms with Crippen molar-refractivity contribution in [3.63, 3.8) is 0 Å². The molecule has 22 heavy (non-hydrogen) atoms. The van der Waals surface area contributed by atoms with Crippen LogP contribution in [0.5, 0.6) is 0 Å². The van der Waals surface area contributed by atoms with Crippen molar-refractivity contribution in [1.29, 1.82) is 0 Å². The van der Waals surface area contributed by atoms with Crippen LogP contribution in [-0.4, -0.2) is 29.1 Å². The fraction of sp³-hybridized carbons (Fsp3) is 0.294. The zero-order valence-electron chi connectivity index (χ0n) is 12.1. The molecule has 1 aliphatic heterocycles. The fourth-order valence-corrected chi connectivity index (χ4v) is 2.81. The average Bonchev–Trinajstić information content (AvgIpc) is 2.56. The van der Waals surface area contributed by atoms with E-state index in [9.17, 15) is 9.18 Å². The molecule has 2 aromatic rings. The third kappa shape index (κ3) is 2.93. The van der Waals surface area contributed by atoms with Gasteiger partial charge in [0.1, 0.15) is 11.6 Å². The summed E-state index contributed by atoms with van der Waals surface area (Å²) in [5, 5.41) is 9.14. The minimum atomic E-state index is -0.757. The number of carbonyl (C=O) groups is 1. The topological polar surface area (TPSA) is 53.4 Å². The van der Waals surface area contributed by atoms with Gasteiger partial charge >= 0.3 is 5.97 Å². The Morgan fingerprint density at radius 3 is 2.77 bits per heavy atom. The summed E-state index contributed by atoms with van der Waals surface area (Å²) in [6, 6.07) is 10.2. The number of aliphatic carboxylic acids is 1. The molecule has 3 rings (SSSR count). The van der Waals surface area contributed by atoms with Gasteiger partial charge in [-0.1, -0.05) is 18.2 Å². The molecule has 4 nitrogen and oxygen atoms in total. The largest absolute Gasteiger partial charge is 0.481 e. The van der Waals surface area contributed by atoms with Crippen LogP contribution in [0.25, 0.3) is 11.1 Å². The van der Waals surface area contributed by atoms with Gasteiger partial charge in [-0.15, -0.1) is 0 Å². The normalized spacial score (nSPS) is 18.2. The Morgan fingerprint density at radius 2 is 2.09 bits per heavy atom. The van der Waals surface area contributed by atoms with Gasteiger partial charge in [0, 0.05) is 30.4 Å². The predicted octanol–water partition coefficient (Wildman–Crippen LogP) is 3.19. The molecule has 0 aliphatic carbocycles. The van der Waals surface area contributed by atoms with Crippen molar-refractivity contribution in [1.82, 2.24) is 4.98 Å². The standard InChI is InChI=1S/C17H17FN2O2/c18-15-6-2-1-5-14(15)12-7-8-16(19-10-12)20-9-3-4-13(11-20)17(21)22/h1-2,5-8,10,13H,3-4,9,11H2,(H,21,22). The number of hydrogen-bond donors (Lipinski definition) is 1. The van der Waals surface area contributed by atoms with Crippen LogP contribution in [0.2, 0.25) is 0 Å². The summed E-state index contributed by atoms with van der Waals surface area (Å²) in [6.07, 6.45) is 3.19. The number of anilines is 1. The van der Waals surface area contributed by atoms with Gasteiger partial charge in [-0.05, 0) is 31.0 Å². The number of halogens is 1. The van der Waals surface area contributed by atoms with Gasteiger partial charge in [-0.25, -0.2) is 9.37 Å². The van der Waals surface area contributed by atoms with E-state index < -0.39 is 5.97 Å². The first kappa shape index (κ1) is 14.5. The highest BCUT2D eigenvalue weighted by molar-refractivity contribution is 5.71. The first-order chi connectivity index (χ1) is 10.6. The SMILES string of the molecule is O=C(O)C1CCCN(c2ccc(-c3ccccc3F)cn2)C1. The Bertz CT molecular complexity index is 673. The van der Waals surface area contributed by atoms with Crippen LogP contribution in [0.4, 0.5) is 10.2 Å². The van der Waals surface area contributed by atoms with Crippen molar-refractivity contribution < 1.29 is 14.3 Å². The van der Waals surface area contributed by atoms with E-state index in [-0.39, 0.29) is 11.7 Å². The molecule has 1 N–H and O–H groups in total. The van der Waals surface area contributed by atoms with Crippen molar-refractivity contribution in [2.45, 2.75) is 12.8 Å². The Kier molecular flexibility index (Phi) is 4.04. The molecule has 5 heteroatoms. The average molecular weight is 300 g/mol. The van der Waals surface area contributed by atoms with Gasteiger partial charge in [0.2, 0.25) is 0 Å². The molecule has 1 saturated heterocycles. The summed E-state index contributed by atoms with van der Waals surface area (Å²) >= 11 is 0. The molecule has 2 heterocycles. The molecule has 1 fully saturated rings. The summed E-state index contributed by atoms with van der Waals surface area (Å²) in [5.41, 5.74) is 1.23. The Hall–Kier alpha value is -2.43. The van der Waals surface area contributed by atoms with E-state index in [1.165, 1.54) is 6.07 Å². The number of hydrogen-bond acceptors (Lipinski definition) is 3. The van der Waals surface area contributed by atoms with E-state index in [1.807, 2.05) is 17.0 Å². The first-order valence-corrected chi connectivity index (χ1v) is 7.34. The number of aromatic nitrogens is 1. The molecule has 0 saturated carbocycles. The molecule has 114 valence electrons. The van der Waals surface area contributed by atoms with E-state index in [0.29, 0.717) is 24.1 Å². The van der Waals surface area contributed by atoms with E-state index >= 15 is 0 Å². The molecule has 1 unspecified atom stereocenters. The smallest absolute Gasteiger partial charge is 0.308 e. The molecular formula is C17H17FN2O2. The minimum Gasteiger partial charge on any atom is -0.481 e. The summed E-state index contributed by atoms with van der Waals surface area (Å²) in [6.45, 7) is 1.28. The molecule has 1 atom stereocenters. The number of carboxylic acid groups (broad SMARTS) is 1. The number of pyridine rings is 1.